The normalized spacial score (nSPS) is 13.6. The molecule has 61 heavy (non-hydrogen) atoms. The standard InChI is InChI=1S/C44H49F2N5O4.C3H5NO2/c1-29-9-12-33(37(45)26-29)17-20-38-48-41(53)36-8-7-23-47-40(36)51(38)28-39(52)50(35-21-24-49(25-22-35)44(4,5)42(54)55-6)27-30-10-13-31(14-11-30)32-15-18-34(19-16-32)43(2,3)46;1-2-3(5)4-6/h7-16,18-19,23,26,35H,17,20-22,24-25,27-28H2,1-6H3;2H2,1H3. The third kappa shape index (κ3) is 11.4. The van der Waals surface area contributed by atoms with Crippen molar-refractivity contribution in [2.75, 3.05) is 20.2 Å². The topological polar surface area (TPSA) is 144 Å². The van der Waals surface area contributed by atoms with E-state index in [1.54, 1.807) is 48.0 Å². The summed E-state index contributed by atoms with van der Waals surface area (Å²) in [4.78, 5) is 72.2. The fourth-order valence-electron chi connectivity index (χ4n) is 7.48. The zero-order chi connectivity index (χ0) is 44.5. The van der Waals surface area contributed by atoms with Crippen molar-refractivity contribution in [3.8, 4) is 11.1 Å². The molecule has 3 aromatic carbocycles. The minimum atomic E-state index is -1.43. The number of methoxy groups -OCH3 is 1. The van der Waals surface area contributed by atoms with Gasteiger partial charge in [0.25, 0.3) is 11.5 Å². The summed E-state index contributed by atoms with van der Waals surface area (Å²) < 4.78 is 36.1. The van der Waals surface area contributed by atoms with E-state index in [1.807, 2.05) is 68.1 Å². The second-order valence-corrected chi connectivity index (χ2v) is 16.3. The van der Waals surface area contributed by atoms with Crippen LogP contribution in [0.2, 0.25) is 0 Å². The number of nitroso groups, excluding NO2 is 1. The van der Waals surface area contributed by atoms with E-state index in [0.29, 0.717) is 60.5 Å². The first-order valence-corrected chi connectivity index (χ1v) is 20.4. The predicted octanol–water partition coefficient (Wildman–Crippen LogP) is 8.03. The number of carbonyl (C=O) groups excluding carboxylic acids is 3. The molecule has 3 heterocycles. The molecule has 2 amide bonds. The Morgan fingerprint density at radius 1 is 0.934 bits per heavy atom. The zero-order valence-corrected chi connectivity index (χ0v) is 35.9. The highest BCUT2D eigenvalue weighted by atomic mass is 19.1. The van der Waals surface area contributed by atoms with Crippen LogP contribution in [0.4, 0.5) is 8.78 Å². The van der Waals surface area contributed by atoms with Gasteiger partial charge in [0.2, 0.25) is 5.91 Å². The summed E-state index contributed by atoms with van der Waals surface area (Å²) in [6.07, 6.45) is 3.55. The summed E-state index contributed by atoms with van der Waals surface area (Å²) >= 11 is 0. The SMILES string of the molecule is CCC(=O)N=O.COC(=O)C(C)(C)N1CCC(N(Cc2ccc(-c3ccc(C(C)(C)F)cc3)cc2)C(=O)Cn2c(CCc3ccc(C)cc3F)nc(=O)c3cccnc32)CC1. The van der Waals surface area contributed by atoms with E-state index in [-0.39, 0.29) is 49.5 Å². The molecular weight excluding hydrogens is 783 g/mol. The van der Waals surface area contributed by atoms with Crippen molar-refractivity contribution in [3.05, 3.63) is 134 Å². The van der Waals surface area contributed by atoms with E-state index >= 15 is 0 Å². The van der Waals surface area contributed by atoms with Crippen LogP contribution in [0.1, 0.15) is 82.0 Å². The number of esters is 1. The first-order valence-electron chi connectivity index (χ1n) is 20.4. The quantitative estimate of drug-likeness (QED) is 0.0851. The number of ether oxygens (including phenoxy) is 1. The van der Waals surface area contributed by atoms with Crippen LogP contribution in [0.3, 0.4) is 0 Å². The van der Waals surface area contributed by atoms with E-state index in [4.69, 9.17) is 9.64 Å². The van der Waals surface area contributed by atoms with Gasteiger partial charge in [-0.25, -0.2) is 13.8 Å². The molecule has 1 fully saturated rings. The maximum Gasteiger partial charge on any atom is 0.325 e. The van der Waals surface area contributed by atoms with Crippen LogP contribution >= 0.6 is 0 Å². The van der Waals surface area contributed by atoms with Crippen molar-refractivity contribution in [2.24, 2.45) is 5.18 Å². The number of carbonyl (C=O) groups is 3. The Kier molecular flexibility index (Phi) is 15.1. The molecule has 0 atom stereocenters. The van der Waals surface area contributed by atoms with Crippen molar-refractivity contribution < 1.29 is 27.9 Å². The van der Waals surface area contributed by atoms with Crippen molar-refractivity contribution in [1.29, 1.82) is 0 Å². The summed E-state index contributed by atoms with van der Waals surface area (Å²) in [5.74, 6) is -1.06. The van der Waals surface area contributed by atoms with Crippen molar-refractivity contribution in [3.63, 3.8) is 0 Å². The molecule has 0 radical (unpaired) electrons. The van der Waals surface area contributed by atoms with Crippen LogP contribution in [0.25, 0.3) is 22.2 Å². The molecule has 322 valence electrons. The van der Waals surface area contributed by atoms with Crippen molar-refractivity contribution in [2.45, 2.75) is 104 Å². The number of hydrogen-bond donors (Lipinski definition) is 0. The van der Waals surface area contributed by atoms with Crippen LogP contribution in [-0.2, 0) is 50.7 Å². The van der Waals surface area contributed by atoms with Gasteiger partial charge in [-0.15, -0.1) is 4.91 Å². The highest BCUT2D eigenvalue weighted by Crippen LogP contribution is 2.30. The molecule has 14 heteroatoms. The monoisotopic (exact) mass is 836 g/mol. The number of hydrogen-bond acceptors (Lipinski definition) is 9. The summed E-state index contributed by atoms with van der Waals surface area (Å²) in [6.45, 7) is 11.5. The molecule has 0 N–H and O–H groups in total. The number of likely N-dealkylation sites (tertiary alicyclic amines) is 1. The van der Waals surface area contributed by atoms with E-state index in [1.165, 1.54) is 27.0 Å². The zero-order valence-electron chi connectivity index (χ0n) is 35.9. The van der Waals surface area contributed by atoms with Crippen LogP contribution in [-0.4, -0.2) is 73.9 Å². The summed E-state index contributed by atoms with van der Waals surface area (Å²) in [7, 11) is 1.39. The molecule has 6 rings (SSSR count). The fourth-order valence-corrected chi connectivity index (χ4v) is 7.48. The molecule has 0 aliphatic carbocycles. The van der Waals surface area contributed by atoms with Crippen molar-refractivity contribution in [1.82, 2.24) is 24.3 Å². The molecular formula is C47H54F2N6O6. The Morgan fingerprint density at radius 3 is 2.13 bits per heavy atom. The van der Waals surface area contributed by atoms with E-state index in [0.717, 1.165) is 22.3 Å². The smallest absolute Gasteiger partial charge is 0.325 e. The van der Waals surface area contributed by atoms with E-state index < -0.39 is 22.7 Å². The summed E-state index contributed by atoms with van der Waals surface area (Å²) in [5.41, 5.74) is 2.39. The third-order valence-electron chi connectivity index (χ3n) is 11.3. The molecule has 12 nitrogen and oxygen atoms in total. The highest BCUT2D eigenvalue weighted by Gasteiger charge is 2.39. The Morgan fingerprint density at radius 2 is 1.57 bits per heavy atom. The Hall–Kier alpha value is -6.02. The molecule has 1 aliphatic heterocycles. The van der Waals surface area contributed by atoms with E-state index in [9.17, 15) is 28.0 Å². The summed E-state index contributed by atoms with van der Waals surface area (Å²) in [6, 6.07) is 23.6. The van der Waals surface area contributed by atoms with Gasteiger partial charge in [-0.2, -0.15) is 4.98 Å². The number of alkyl halides is 1. The molecule has 5 aromatic rings. The lowest BCUT2D eigenvalue weighted by Gasteiger charge is -2.44. The molecule has 1 aliphatic rings. The van der Waals surface area contributed by atoms with Gasteiger partial charge in [0.1, 0.15) is 35.0 Å². The third-order valence-corrected chi connectivity index (χ3v) is 11.3. The largest absolute Gasteiger partial charge is 0.468 e. The predicted molar refractivity (Wildman–Crippen MR) is 231 cm³/mol. The number of fused-ring (bicyclic) bond motifs is 1. The first kappa shape index (κ1) is 46.1. The fraction of sp³-hybridized carbons (Fsp3) is 0.404. The van der Waals surface area contributed by atoms with Gasteiger partial charge in [0, 0.05) is 49.9 Å². The second-order valence-electron chi connectivity index (χ2n) is 16.3. The number of aryl methyl sites for hydroxylation is 3. The van der Waals surface area contributed by atoms with Gasteiger partial charge in [0.15, 0.2) is 0 Å². The van der Waals surface area contributed by atoms with Crippen molar-refractivity contribution >= 4 is 28.8 Å². The van der Waals surface area contributed by atoms with Gasteiger partial charge in [-0.3, -0.25) is 24.1 Å². The molecule has 1 saturated heterocycles. The Bertz CT molecular complexity index is 2400. The number of pyridine rings is 1. The average molecular weight is 837 g/mol. The van der Waals surface area contributed by atoms with Crippen LogP contribution in [0.15, 0.2) is 95.0 Å². The number of nitrogens with zero attached hydrogens (tertiary/aromatic N) is 6. The van der Waals surface area contributed by atoms with Crippen LogP contribution in [0, 0.1) is 17.6 Å². The lowest BCUT2D eigenvalue weighted by molar-refractivity contribution is -0.155. The summed E-state index contributed by atoms with van der Waals surface area (Å²) in [5, 5.41) is 2.41. The number of benzene rings is 3. The van der Waals surface area contributed by atoms with Crippen LogP contribution < -0.4 is 5.56 Å². The highest BCUT2D eigenvalue weighted by molar-refractivity contribution is 5.81. The molecule has 2 aromatic heterocycles. The number of aromatic nitrogens is 3. The molecule has 0 unspecified atom stereocenters. The number of rotatable bonds is 13. The Labute approximate surface area is 354 Å². The first-order chi connectivity index (χ1) is 29.0. The van der Waals surface area contributed by atoms with Crippen LogP contribution in [0.5, 0.6) is 0 Å². The maximum absolute atomic E-state index is 14.9. The average Bonchev–Trinajstić information content (AvgIpc) is 3.26. The Balaban J connectivity index is 0.00000109. The number of piperidine rings is 1. The molecule has 0 spiro atoms. The van der Waals surface area contributed by atoms with E-state index in [2.05, 4.69) is 20.0 Å². The minimum absolute atomic E-state index is 0.129. The molecule has 0 saturated carbocycles. The van der Waals surface area contributed by atoms with Gasteiger partial charge < -0.3 is 14.2 Å². The van der Waals surface area contributed by atoms with Gasteiger partial charge in [-0.05, 0) is 105 Å². The minimum Gasteiger partial charge on any atom is -0.468 e. The maximum atomic E-state index is 14.9. The second kappa shape index (κ2) is 20.0. The lowest BCUT2D eigenvalue weighted by atomic mass is 9.95. The van der Waals surface area contributed by atoms with Gasteiger partial charge >= 0.3 is 5.97 Å². The molecule has 0 bridgehead atoms. The van der Waals surface area contributed by atoms with Gasteiger partial charge in [0.05, 0.1) is 12.5 Å². The van der Waals surface area contributed by atoms with Gasteiger partial charge in [-0.1, -0.05) is 67.6 Å². The lowest BCUT2D eigenvalue weighted by Crippen LogP contribution is -2.56. The number of amides is 2. The number of halogens is 2.